The van der Waals surface area contributed by atoms with E-state index in [-0.39, 0.29) is 0 Å². The van der Waals surface area contributed by atoms with E-state index in [0.29, 0.717) is 21.3 Å². The number of hydrogen-bond acceptors (Lipinski definition) is 2. The molecule has 0 amide bonds. The monoisotopic (exact) mass is 241 g/mol. The van der Waals surface area contributed by atoms with Gasteiger partial charge in [0.2, 0.25) is 0 Å². The number of methoxy groups -OCH3 is 1. The Morgan fingerprint density at radius 3 is 2.60 bits per heavy atom. The number of nitrogens with zero attached hydrogens (tertiary/aromatic N) is 1. The summed E-state index contributed by atoms with van der Waals surface area (Å²) in [5.74, 6) is 0.569. The van der Waals surface area contributed by atoms with Crippen LogP contribution >= 0.6 is 23.2 Å². The lowest BCUT2D eigenvalue weighted by atomic mass is 10.2. The second kappa shape index (κ2) is 3.87. The molecule has 0 radical (unpaired) electrons. The van der Waals surface area contributed by atoms with E-state index in [4.69, 9.17) is 27.9 Å². The minimum atomic E-state index is 0.480. The zero-order chi connectivity index (χ0) is 11.0. The van der Waals surface area contributed by atoms with Crippen molar-refractivity contribution in [2.75, 3.05) is 7.11 Å². The van der Waals surface area contributed by atoms with Crippen LogP contribution in [0.5, 0.6) is 5.75 Å². The van der Waals surface area contributed by atoms with Gasteiger partial charge in [-0.05, 0) is 25.1 Å². The first kappa shape index (κ1) is 10.5. The lowest BCUT2D eigenvalue weighted by molar-refractivity contribution is 0.419. The van der Waals surface area contributed by atoms with Crippen LogP contribution in [0.15, 0.2) is 18.2 Å². The first-order valence-electron chi connectivity index (χ1n) is 4.43. The summed E-state index contributed by atoms with van der Waals surface area (Å²) in [6.45, 7) is 1.91. The van der Waals surface area contributed by atoms with Gasteiger partial charge in [-0.25, -0.2) is 4.98 Å². The Hall–Kier alpha value is -0.990. The van der Waals surface area contributed by atoms with Crippen molar-refractivity contribution in [3.05, 3.63) is 33.9 Å². The summed E-state index contributed by atoms with van der Waals surface area (Å²) in [6, 6.07) is 5.49. The van der Waals surface area contributed by atoms with Gasteiger partial charge in [0.15, 0.2) is 5.75 Å². The van der Waals surface area contributed by atoms with Crippen LogP contribution in [0.4, 0.5) is 0 Å². The maximum Gasteiger partial charge on any atom is 0.163 e. The van der Waals surface area contributed by atoms with Gasteiger partial charge in [-0.15, -0.1) is 0 Å². The summed E-state index contributed by atoms with van der Waals surface area (Å²) in [5.41, 5.74) is 1.61. The molecule has 2 nitrogen and oxygen atoms in total. The Bertz CT molecular complexity index is 525. The van der Waals surface area contributed by atoms with E-state index >= 15 is 0 Å². The molecule has 0 unspecified atom stereocenters. The maximum absolute atomic E-state index is 6.06. The van der Waals surface area contributed by atoms with Crippen molar-refractivity contribution < 1.29 is 4.74 Å². The molecule has 1 aromatic carbocycles. The van der Waals surface area contributed by atoms with E-state index in [2.05, 4.69) is 4.98 Å². The van der Waals surface area contributed by atoms with Crippen molar-refractivity contribution in [2.45, 2.75) is 6.92 Å². The van der Waals surface area contributed by atoms with Gasteiger partial charge < -0.3 is 4.74 Å². The van der Waals surface area contributed by atoms with Gasteiger partial charge in [0.1, 0.15) is 5.52 Å². The summed E-state index contributed by atoms with van der Waals surface area (Å²) in [4.78, 5) is 4.37. The highest BCUT2D eigenvalue weighted by Crippen LogP contribution is 2.36. The molecule has 0 spiro atoms. The number of fused-ring (bicyclic) bond motifs is 1. The second-order valence-corrected chi connectivity index (χ2v) is 4.04. The van der Waals surface area contributed by atoms with E-state index in [0.717, 1.165) is 11.1 Å². The Balaban J connectivity index is 2.91. The predicted octanol–water partition coefficient (Wildman–Crippen LogP) is 3.86. The molecule has 15 heavy (non-hydrogen) atoms. The number of aryl methyl sites for hydroxylation is 1. The van der Waals surface area contributed by atoms with Crippen LogP contribution in [0.1, 0.15) is 5.69 Å². The Morgan fingerprint density at radius 1 is 1.20 bits per heavy atom. The molecule has 0 bridgehead atoms. The molecule has 0 aliphatic rings. The molecule has 4 heteroatoms. The van der Waals surface area contributed by atoms with E-state index < -0.39 is 0 Å². The van der Waals surface area contributed by atoms with Crippen molar-refractivity contribution in [3.63, 3.8) is 0 Å². The number of hydrogen-bond donors (Lipinski definition) is 0. The summed E-state index contributed by atoms with van der Waals surface area (Å²) < 4.78 is 5.22. The number of ether oxygens (including phenoxy) is 1. The zero-order valence-electron chi connectivity index (χ0n) is 8.34. The largest absolute Gasteiger partial charge is 0.493 e. The molecule has 2 rings (SSSR count). The number of halogens is 2. The predicted molar refractivity (Wildman–Crippen MR) is 63.1 cm³/mol. The van der Waals surface area contributed by atoms with Gasteiger partial charge >= 0.3 is 0 Å². The standard InChI is InChI=1S/C11H9Cl2NO/c1-6-3-4-7-8(12)5-9(13)11(15-2)10(7)14-6/h3-5H,1-2H3. The van der Waals surface area contributed by atoms with Crippen molar-refractivity contribution in [3.8, 4) is 5.75 Å². The molecule has 2 aromatic rings. The van der Waals surface area contributed by atoms with E-state index in [1.54, 1.807) is 13.2 Å². The average molecular weight is 242 g/mol. The van der Waals surface area contributed by atoms with Gasteiger partial charge in [-0.2, -0.15) is 0 Å². The van der Waals surface area contributed by atoms with Gasteiger partial charge in [0.05, 0.1) is 17.2 Å². The van der Waals surface area contributed by atoms with Crippen molar-refractivity contribution in [2.24, 2.45) is 0 Å². The molecule has 0 aliphatic carbocycles. The number of aromatic nitrogens is 1. The van der Waals surface area contributed by atoms with Crippen LogP contribution in [-0.2, 0) is 0 Å². The summed E-state index contributed by atoms with van der Waals surface area (Å²) >= 11 is 12.1. The Kier molecular flexibility index (Phi) is 2.72. The summed E-state index contributed by atoms with van der Waals surface area (Å²) in [5, 5.41) is 1.92. The molecule has 0 saturated heterocycles. The van der Waals surface area contributed by atoms with Gasteiger partial charge in [-0.1, -0.05) is 23.2 Å². The SMILES string of the molecule is COc1c(Cl)cc(Cl)c2ccc(C)nc12. The van der Waals surface area contributed by atoms with Crippen molar-refractivity contribution >= 4 is 34.1 Å². The molecular formula is C11H9Cl2NO. The second-order valence-electron chi connectivity index (χ2n) is 3.22. The molecule has 78 valence electrons. The highest BCUT2D eigenvalue weighted by Gasteiger charge is 2.11. The molecule has 0 fully saturated rings. The minimum Gasteiger partial charge on any atom is -0.493 e. The third-order valence-electron chi connectivity index (χ3n) is 2.18. The lowest BCUT2D eigenvalue weighted by Gasteiger charge is -2.08. The first-order chi connectivity index (χ1) is 7.13. The first-order valence-corrected chi connectivity index (χ1v) is 5.18. The number of rotatable bonds is 1. The molecule has 1 aromatic heterocycles. The highest BCUT2D eigenvalue weighted by molar-refractivity contribution is 6.39. The quantitative estimate of drug-likeness (QED) is 0.757. The minimum absolute atomic E-state index is 0.480. The Morgan fingerprint density at radius 2 is 1.93 bits per heavy atom. The van der Waals surface area contributed by atoms with Gasteiger partial charge in [-0.3, -0.25) is 0 Å². The highest BCUT2D eigenvalue weighted by atomic mass is 35.5. The van der Waals surface area contributed by atoms with Gasteiger partial charge in [0.25, 0.3) is 0 Å². The maximum atomic E-state index is 6.06. The fourth-order valence-electron chi connectivity index (χ4n) is 1.48. The van der Waals surface area contributed by atoms with Crippen LogP contribution in [0.2, 0.25) is 10.0 Å². The third kappa shape index (κ3) is 1.75. The third-order valence-corrected chi connectivity index (χ3v) is 2.77. The molecule has 0 aliphatic heterocycles. The summed E-state index contributed by atoms with van der Waals surface area (Å²) in [6.07, 6.45) is 0. The zero-order valence-corrected chi connectivity index (χ0v) is 9.86. The van der Waals surface area contributed by atoms with E-state index in [9.17, 15) is 0 Å². The van der Waals surface area contributed by atoms with Crippen LogP contribution in [0.3, 0.4) is 0 Å². The van der Waals surface area contributed by atoms with Crippen LogP contribution in [0, 0.1) is 6.92 Å². The fourth-order valence-corrected chi connectivity index (χ4v) is 2.08. The number of pyridine rings is 1. The van der Waals surface area contributed by atoms with Gasteiger partial charge in [0, 0.05) is 11.1 Å². The molecule has 0 saturated carbocycles. The molecule has 0 atom stereocenters. The normalized spacial score (nSPS) is 10.7. The van der Waals surface area contributed by atoms with Crippen molar-refractivity contribution in [1.82, 2.24) is 4.98 Å². The van der Waals surface area contributed by atoms with Crippen molar-refractivity contribution in [1.29, 1.82) is 0 Å². The van der Waals surface area contributed by atoms with Crippen LogP contribution in [0.25, 0.3) is 10.9 Å². The van der Waals surface area contributed by atoms with E-state index in [1.807, 2.05) is 19.1 Å². The molecular weight excluding hydrogens is 233 g/mol. The van der Waals surface area contributed by atoms with E-state index in [1.165, 1.54) is 0 Å². The molecule has 1 heterocycles. The average Bonchev–Trinajstić information content (AvgIpc) is 2.17. The molecule has 0 N–H and O–H groups in total. The van der Waals surface area contributed by atoms with Crippen LogP contribution in [-0.4, -0.2) is 12.1 Å². The lowest BCUT2D eigenvalue weighted by Crippen LogP contribution is -1.91. The topological polar surface area (TPSA) is 22.1 Å². The summed E-state index contributed by atoms with van der Waals surface area (Å²) in [7, 11) is 1.57. The smallest absolute Gasteiger partial charge is 0.163 e. The Labute approximate surface area is 97.8 Å². The van der Waals surface area contributed by atoms with Crippen LogP contribution < -0.4 is 4.74 Å². The number of benzene rings is 1. The fraction of sp³-hybridized carbons (Fsp3) is 0.182.